The van der Waals surface area contributed by atoms with Gasteiger partial charge in [0.1, 0.15) is 10.7 Å². The number of hydrogen-bond acceptors (Lipinski definition) is 3. The maximum Gasteiger partial charge on any atom is 0.242 e. The summed E-state index contributed by atoms with van der Waals surface area (Å²) in [6.45, 7) is 0.804. The van der Waals surface area contributed by atoms with Gasteiger partial charge in [0.15, 0.2) is 0 Å². The molecule has 0 saturated heterocycles. The van der Waals surface area contributed by atoms with Gasteiger partial charge in [-0.2, -0.15) is 0 Å². The fraction of sp³-hybridized carbons (Fsp3) is 0.118. The van der Waals surface area contributed by atoms with Crippen molar-refractivity contribution in [2.75, 3.05) is 0 Å². The fourth-order valence-electron chi connectivity index (χ4n) is 2.30. The summed E-state index contributed by atoms with van der Waals surface area (Å²) in [7, 11) is -3.82. The Morgan fingerprint density at radius 1 is 1.12 bits per heavy atom. The highest BCUT2D eigenvalue weighted by Gasteiger charge is 2.18. The Labute approximate surface area is 150 Å². The van der Waals surface area contributed by atoms with Crippen LogP contribution in [0.4, 0.5) is 4.39 Å². The van der Waals surface area contributed by atoms with Gasteiger partial charge in [-0.25, -0.2) is 22.5 Å². The van der Waals surface area contributed by atoms with Gasteiger partial charge in [0.2, 0.25) is 10.0 Å². The first-order valence-electron chi connectivity index (χ1n) is 7.42. The molecule has 1 heterocycles. The molecule has 1 N–H and O–H groups in total. The van der Waals surface area contributed by atoms with Crippen molar-refractivity contribution in [3.8, 4) is 0 Å². The molecule has 3 aromatic rings. The zero-order valence-corrected chi connectivity index (χ0v) is 14.6. The lowest BCUT2D eigenvalue weighted by molar-refractivity contribution is 0.580. The van der Waals surface area contributed by atoms with Crippen LogP contribution in [0, 0.1) is 5.82 Å². The topological polar surface area (TPSA) is 64.0 Å². The highest BCUT2D eigenvalue weighted by molar-refractivity contribution is 7.89. The minimum Gasteiger partial charge on any atom is -0.333 e. The van der Waals surface area contributed by atoms with Gasteiger partial charge >= 0.3 is 0 Å². The molecule has 0 aliphatic rings. The van der Waals surface area contributed by atoms with E-state index in [1.54, 1.807) is 12.5 Å². The van der Waals surface area contributed by atoms with E-state index in [2.05, 4.69) is 9.71 Å². The molecule has 0 atom stereocenters. The minimum atomic E-state index is -3.82. The molecule has 8 heteroatoms. The molecule has 0 radical (unpaired) electrons. The molecule has 0 bridgehead atoms. The van der Waals surface area contributed by atoms with Crippen molar-refractivity contribution in [1.82, 2.24) is 14.3 Å². The van der Waals surface area contributed by atoms with Crippen LogP contribution in [0.25, 0.3) is 0 Å². The standard InChI is InChI=1S/C17H15ClFN3O2S/c18-16-9-15(19)5-6-17(16)25(23,24)21-10-13-1-3-14(4-2-13)11-22-8-7-20-12-22/h1-9,12,21H,10-11H2. The molecule has 0 spiro atoms. The first-order valence-corrected chi connectivity index (χ1v) is 9.28. The average Bonchev–Trinajstić information content (AvgIpc) is 3.07. The summed E-state index contributed by atoms with van der Waals surface area (Å²) in [6.07, 6.45) is 5.31. The summed E-state index contributed by atoms with van der Waals surface area (Å²) in [6, 6.07) is 10.7. The highest BCUT2D eigenvalue weighted by Crippen LogP contribution is 2.22. The van der Waals surface area contributed by atoms with E-state index in [0.717, 1.165) is 29.3 Å². The molecule has 0 amide bonds. The van der Waals surface area contributed by atoms with Crippen LogP contribution in [0.2, 0.25) is 5.02 Å². The van der Waals surface area contributed by atoms with Crippen molar-refractivity contribution in [1.29, 1.82) is 0 Å². The van der Waals surface area contributed by atoms with E-state index >= 15 is 0 Å². The zero-order valence-electron chi connectivity index (χ0n) is 13.1. The predicted octanol–water partition coefficient (Wildman–Crippen LogP) is 3.20. The molecule has 130 valence electrons. The number of nitrogens with one attached hydrogen (secondary N) is 1. The summed E-state index contributed by atoms with van der Waals surface area (Å²) < 4.78 is 42.0. The van der Waals surface area contributed by atoms with Crippen LogP contribution in [0.1, 0.15) is 11.1 Å². The monoisotopic (exact) mass is 379 g/mol. The van der Waals surface area contributed by atoms with Gasteiger partial charge in [-0.15, -0.1) is 0 Å². The number of sulfonamides is 1. The van der Waals surface area contributed by atoms with Crippen LogP contribution >= 0.6 is 11.6 Å². The summed E-state index contributed by atoms with van der Waals surface area (Å²) in [5.41, 5.74) is 1.88. The molecule has 5 nitrogen and oxygen atoms in total. The smallest absolute Gasteiger partial charge is 0.242 e. The summed E-state index contributed by atoms with van der Waals surface area (Å²) in [5, 5.41) is -0.150. The Kier molecular flexibility index (Phi) is 5.17. The third-order valence-electron chi connectivity index (χ3n) is 3.60. The molecule has 2 aromatic carbocycles. The van der Waals surface area contributed by atoms with Crippen LogP contribution in [0.15, 0.2) is 66.1 Å². The summed E-state index contributed by atoms with van der Waals surface area (Å²) in [5.74, 6) is -0.586. The van der Waals surface area contributed by atoms with Crippen LogP contribution in [-0.4, -0.2) is 18.0 Å². The summed E-state index contributed by atoms with van der Waals surface area (Å²) >= 11 is 5.82. The van der Waals surface area contributed by atoms with E-state index in [1.807, 2.05) is 35.0 Å². The van der Waals surface area contributed by atoms with Crippen LogP contribution in [0.5, 0.6) is 0 Å². The highest BCUT2D eigenvalue weighted by atomic mass is 35.5. The second kappa shape index (κ2) is 7.35. The molecule has 0 fully saturated rings. The molecule has 0 saturated carbocycles. The normalized spacial score (nSPS) is 11.6. The maximum atomic E-state index is 13.1. The number of hydrogen-bond donors (Lipinski definition) is 1. The molecule has 3 rings (SSSR count). The molecule has 25 heavy (non-hydrogen) atoms. The Morgan fingerprint density at radius 3 is 2.48 bits per heavy atom. The van der Waals surface area contributed by atoms with E-state index in [-0.39, 0.29) is 16.5 Å². The number of benzene rings is 2. The van der Waals surface area contributed by atoms with E-state index in [9.17, 15) is 12.8 Å². The van der Waals surface area contributed by atoms with Gasteiger partial charge in [0, 0.05) is 25.5 Å². The summed E-state index contributed by atoms with van der Waals surface area (Å²) in [4.78, 5) is 3.84. The van der Waals surface area contributed by atoms with E-state index in [1.165, 1.54) is 0 Å². The number of imidazole rings is 1. The third-order valence-corrected chi connectivity index (χ3v) is 5.48. The quantitative estimate of drug-likeness (QED) is 0.715. The molecule has 0 aliphatic carbocycles. The third kappa shape index (κ3) is 4.45. The lowest BCUT2D eigenvalue weighted by atomic mass is 10.1. The Balaban J connectivity index is 1.66. The first kappa shape index (κ1) is 17.6. The molecule has 0 unspecified atom stereocenters. The van der Waals surface area contributed by atoms with Gasteiger partial charge in [-0.3, -0.25) is 0 Å². The van der Waals surface area contributed by atoms with Crippen LogP contribution in [0.3, 0.4) is 0 Å². The van der Waals surface area contributed by atoms with Gasteiger partial charge in [0.25, 0.3) is 0 Å². The number of nitrogens with zero attached hydrogens (tertiary/aromatic N) is 2. The molecular formula is C17H15ClFN3O2S. The first-order chi connectivity index (χ1) is 11.9. The van der Waals surface area contributed by atoms with Gasteiger partial charge in [-0.05, 0) is 29.3 Å². The Bertz CT molecular complexity index is 958. The molecular weight excluding hydrogens is 365 g/mol. The van der Waals surface area contributed by atoms with Gasteiger partial charge in [0.05, 0.1) is 11.3 Å². The van der Waals surface area contributed by atoms with Crippen LogP contribution in [-0.2, 0) is 23.1 Å². The number of halogens is 2. The van der Waals surface area contributed by atoms with Crippen molar-refractivity contribution in [3.05, 3.63) is 83.2 Å². The van der Waals surface area contributed by atoms with Crippen molar-refractivity contribution in [2.45, 2.75) is 18.0 Å². The van der Waals surface area contributed by atoms with Crippen molar-refractivity contribution in [3.63, 3.8) is 0 Å². The van der Waals surface area contributed by atoms with E-state index < -0.39 is 15.8 Å². The predicted molar refractivity (Wildman–Crippen MR) is 93.2 cm³/mol. The lowest BCUT2D eigenvalue weighted by Crippen LogP contribution is -2.23. The van der Waals surface area contributed by atoms with Crippen molar-refractivity contribution in [2.24, 2.45) is 0 Å². The Hall–Kier alpha value is -2.22. The SMILES string of the molecule is O=S(=O)(NCc1ccc(Cn2ccnc2)cc1)c1ccc(F)cc1Cl. The number of rotatable bonds is 6. The van der Waals surface area contributed by atoms with Crippen molar-refractivity contribution >= 4 is 21.6 Å². The van der Waals surface area contributed by atoms with Gasteiger partial charge in [-0.1, -0.05) is 35.9 Å². The second-order valence-corrected chi connectivity index (χ2v) is 7.59. The molecule has 1 aromatic heterocycles. The van der Waals surface area contributed by atoms with Gasteiger partial charge < -0.3 is 4.57 Å². The van der Waals surface area contributed by atoms with E-state index in [4.69, 9.17) is 11.6 Å². The Morgan fingerprint density at radius 2 is 1.84 bits per heavy atom. The minimum absolute atomic E-state index is 0.112. The maximum absolute atomic E-state index is 13.1. The van der Waals surface area contributed by atoms with Crippen molar-refractivity contribution < 1.29 is 12.8 Å². The zero-order chi connectivity index (χ0) is 17.9. The van der Waals surface area contributed by atoms with Crippen LogP contribution < -0.4 is 4.72 Å². The number of aromatic nitrogens is 2. The largest absolute Gasteiger partial charge is 0.333 e. The second-order valence-electron chi connectivity index (χ2n) is 5.45. The average molecular weight is 380 g/mol. The molecule has 0 aliphatic heterocycles. The lowest BCUT2D eigenvalue weighted by Gasteiger charge is -2.09. The fourth-order valence-corrected chi connectivity index (χ4v) is 3.85. The van der Waals surface area contributed by atoms with E-state index in [0.29, 0.717) is 6.54 Å².